The van der Waals surface area contributed by atoms with Crippen molar-refractivity contribution in [2.24, 2.45) is 11.8 Å². The van der Waals surface area contributed by atoms with Crippen LogP contribution in [0, 0.1) is 17.7 Å². The Kier molecular flexibility index (Phi) is 11.0. The minimum atomic E-state index is -1.28. The number of methoxy groups -OCH3 is 1. The molecule has 194 valence electrons. The number of likely N-dealkylation sites (tertiary alicyclic amines) is 1. The molecule has 7 heteroatoms. The Bertz CT molecular complexity index is 747. The molecular formula is C27H43ClF2N2O2. The molecule has 3 atom stereocenters. The third kappa shape index (κ3) is 7.13. The first-order valence-electron chi connectivity index (χ1n) is 13.1. The van der Waals surface area contributed by atoms with Crippen molar-refractivity contribution in [3.8, 4) is 0 Å². The summed E-state index contributed by atoms with van der Waals surface area (Å²) in [6, 6.07) is 5.29. The molecule has 1 heterocycles. The van der Waals surface area contributed by atoms with Gasteiger partial charge in [0.1, 0.15) is 12.0 Å². The molecule has 0 spiro atoms. The van der Waals surface area contributed by atoms with Crippen molar-refractivity contribution in [2.75, 3.05) is 40.4 Å². The summed E-state index contributed by atoms with van der Waals surface area (Å²) >= 11 is 6.13. The van der Waals surface area contributed by atoms with E-state index in [-0.39, 0.29) is 10.9 Å². The molecule has 1 aliphatic heterocycles. The summed E-state index contributed by atoms with van der Waals surface area (Å²) in [5, 5.41) is 15.5. The minimum Gasteiger partial charge on any atom is -0.385 e. The van der Waals surface area contributed by atoms with Gasteiger partial charge in [-0.1, -0.05) is 23.7 Å². The molecule has 1 aromatic carbocycles. The van der Waals surface area contributed by atoms with Crippen LogP contribution in [0.25, 0.3) is 0 Å². The Morgan fingerprint density at radius 3 is 2.71 bits per heavy atom. The van der Waals surface area contributed by atoms with Crippen LogP contribution in [0.1, 0.15) is 69.8 Å². The molecule has 1 saturated carbocycles. The van der Waals surface area contributed by atoms with Gasteiger partial charge in [0.25, 0.3) is 0 Å². The molecular weight excluding hydrogens is 458 g/mol. The van der Waals surface area contributed by atoms with Gasteiger partial charge >= 0.3 is 0 Å². The Morgan fingerprint density at radius 2 is 2.00 bits per heavy atom. The van der Waals surface area contributed by atoms with E-state index in [9.17, 15) is 9.50 Å². The molecule has 3 rings (SSSR count). The lowest BCUT2D eigenvalue weighted by Gasteiger charge is -2.46. The van der Waals surface area contributed by atoms with Gasteiger partial charge in [0.15, 0.2) is 0 Å². The molecule has 2 aliphatic rings. The summed E-state index contributed by atoms with van der Waals surface area (Å²) in [4.78, 5) is 2.48. The van der Waals surface area contributed by atoms with E-state index in [0.717, 1.165) is 64.6 Å². The number of nitrogens with one attached hydrogen (secondary N) is 1. The van der Waals surface area contributed by atoms with Crippen molar-refractivity contribution in [3.05, 3.63) is 34.6 Å². The molecule has 1 aromatic rings. The fraction of sp³-hybridized carbons (Fsp3) is 0.778. The van der Waals surface area contributed by atoms with Crippen molar-refractivity contribution >= 4 is 11.6 Å². The quantitative estimate of drug-likeness (QED) is 0.361. The molecule has 1 aliphatic carbocycles. The predicted molar refractivity (Wildman–Crippen MR) is 135 cm³/mol. The van der Waals surface area contributed by atoms with E-state index in [1.165, 1.54) is 6.07 Å². The monoisotopic (exact) mass is 500 g/mol. The van der Waals surface area contributed by atoms with Crippen molar-refractivity contribution in [3.63, 3.8) is 0 Å². The van der Waals surface area contributed by atoms with Crippen molar-refractivity contribution in [1.82, 2.24) is 10.2 Å². The number of alkyl halides is 1. The standard InChI is InChI=1S/C27H43ClF2N2O2/c1-31-18-23(17-20-10-12-22(29)13-11-20)32-15-6-7-21(19-32)27(33,14-3-4-16-34-2)24-8-5-9-25(28)26(24)30/h5,8-9,20-23,31,33H,3-4,6-7,10-19H2,1-2H3/t20?,21?,22?,23?,27-/m0/s1. The van der Waals surface area contributed by atoms with Crippen molar-refractivity contribution in [1.29, 1.82) is 0 Å². The fourth-order valence-corrected chi connectivity index (χ4v) is 6.28. The molecule has 2 fully saturated rings. The topological polar surface area (TPSA) is 44.7 Å². The van der Waals surface area contributed by atoms with Gasteiger partial charge in [-0.15, -0.1) is 0 Å². The zero-order valence-electron chi connectivity index (χ0n) is 20.9. The first kappa shape index (κ1) is 27.8. The van der Waals surface area contributed by atoms with Gasteiger partial charge in [-0.25, -0.2) is 8.78 Å². The number of hydrogen-bond acceptors (Lipinski definition) is 4. The van der Waals surface area contributed by atoms with E-state index in [0.29, 0.717) is 43.4 Å². The summed E-state index contributed by atoms with van der Waals surface area (Å²) in [6.45, 7) is 3.17. The molecule has 0 bridgehead atoms. The zero-order chi connectivity index (χ0) is 24.6. The zero-order valence-corrected chi connectivity index (χ0v) is 21.6. The molecule has 2 N–H and O–H groups in total. The maximum absolute atomic E-state index is 15.2. The number of nitrogens with zero attached hydrogens (tertiary/aromatic N) is 1. The second-order valence-electron chi connectivity index (χ2n) is 10.4. The predicted octanol–water partition coefficient (Wildman–Crippen LogP) is 5.70. The maximum Gasteiger partial charge on any atom is 0.147 e. The number of benzene rings is 1. The van der Waals surface area contributed by atoms with Gasteiger partial charge in [-0.3, -0.25) is 4.90 Å². The Balaban J connectivity index is 1.78. The largest absolute Gasteiger partial charge is 0.385 e. The second-order valence-corrected chi connectivity index (χ2v) is 10.8. The molecule has 34 heavy (non-hydrogen) atoms. The van der Waals surface area contributed by atoms with Crippen LogP contribution in [0.2, 0.25) is 5.02 Å². The van der Waals surface area contributed by atoms with E-state index >= 15 is 4.39 Å². The number of hydrogen-bond donors (Lipinski definition) is 2. The molecule has 0 aromatic heterocycles. The van der Waals surface area contributed by atoms with Gasteiger partial charge in [-0.05, 0) is 89.8 Å². The maximum atomic E-state index is 15.2. The third-order valence-electron chi connectivity index (χ3n) is 8.04. The molecule has 0 radical (unpaired) electrons. The highest BCUT2D eigenvalue weighted by Crippen LogP contribution is 2.42. The number of ether oxygens (including phenoxy) is 1. The Morgan fingerprint density at radius 1 is 1.24 bits per heavy atom. The van der Waals surface area contributed by atoms with Gasteiger partial charge in [-0.2, -0.15) is 0 Å². The highest BCUT2D eigenvalue weighted by atomic mass is 35.5. The summed E-state index contributed by atoms with van der Waals surface area (Å²) in [5.41, 5.74) is -0.964. The van der Waals surface area contributed by atoms with Crippen LogP contribution in [-0.2, 0) is 10.3 Å². The third-order valence-corrected chi connectivity index (χ3v) is 8.33. The number of rotatable bonds is 12. The second kappa shape index (κ2) is 13.5. The fourth-order valence-electron chi connectivity index (χ4n) is 6.11. The number of likely N-dealkylation sites (N-methyl/N-ethyl adjacent to an activating group) is 1. The average molecular weight is 501 g/mol. The van der Waals surface area contributed by atoms with Gasteiger partial charge in [0, 0.05) is 44.3 Å². The van der Waals surface area contributed by atoms with E-state index in [1.54, 1.807) is 19.2 Å². The van der Waals surface area contributed by atoms with Crippen LogP contribution in [0.4, 0.5) is 8.78 Å². The number of aliphatic hydroxyl groups is 1. The van der Waals surface area contributed by atoms with Gasteiger partial charge in [0.2, 0.25) is 0 Å². The Hall–Kier alpha value is -0.790. The van der Waals surface area contributed by atoms with Crippen LogP contribution in [-0.4, -0.2) is 62.6 Å². The van der Waals surface area contributed by atoms with Crippen LogP contribution in [0.5, 0.6) is 0 Å². The molecule has 4 nitrogen and oxygen atoms in total. The summed E-state index contributed by atoms with van der Waals surface area (Å²) in [6.07, 6.45) is 7.51. The molecule has 1 saturated heterocycles. The number of piperidine rings is 1. The first-order chi connectivity index (χ1) is 16.4. The Labute approximate surface area is 209 Å². The lowest BCUT2D eigenvalue weighted by atomic mass is 9.73. The summed E-state index contributed by atoms with van der Waals surface area (Å²) < 4.78 is 34.0. The van der Waals surface area contributed by atoms with Gasteiger partial charge in [0.05, 0.1) is 10.6 Å². The smallest absolute Gasteiger partial charge is 0.147 e. The highest BCUT2D eigenvalue weighted by molar-refractivity contribution is 6.30. The highest BCUT2D eigenvalue weighted by Gasteiger charge is 2.43. The normalized spacial score (nSPS) is 26.8. The lowest BCUT2D eigenvalue weighted by molar-refractivity contribution is -0.0712. The average Bonchev–Trinajstić information content (AvgIpc) is 2.84. The summed E-state index contributed by atoms with van der Waals surface area (Å²) in [7, 11) is 3.64. The van der Waals surface area contributed by atoms with Crippen LogP contribution in [0.3, 0.4) is 0 Å². The number of halogens is 3. The number of unbranched alkanes of at least 4 members (excludes halogenated alkanes) is 1. The SMILES string of the molecule is CNCC(CC1CCC(F)CC1)N1CCCC([C@@](O)(CCCCOC)c2cccc(Cl)c2F)C1. The first-order valence-corrected chi connectivity index (χ1v) is 13.4. The van der Waals surface area contributed by atoms with Crippen LogP contribution >= 0.6 is 11.6 Å². The van der Waals surface area contributed by atoms with Crippen molar-refractivity contribution < 1.29 is 18.6 Å². The van der Waals surface area contributed by atoms with Crippen LogP contribution in [0.15, 0.2) is 18.2 Å². The minimum absolute atomic E-state index is 0.0528. The van der Waals surface area contributed by atoms with E-state index in [2.05, 4.69) is 10.2 Å². The van der Waals surface area contributed by atoms with E-state index in [1.807, 2.05) is 7.05 Å². The van der Waals surface area contributed by atoms with Gasteiger partial charge < -0.3 is 15.2 Å². The summed E-state index contributed by atoms with van der Waals surface area (Å²) in [5.74, 6) is -0.0491. The molecule has 0 amide bonds. The van der Waals surface area contributed by atoms with Crippen molar-refractivity contribution in [2.45, 2.75) is 82.0 Å². The van der Waals surface area contributed by atoms with E-state index < -0.39 is 17.6 Å². The van der Waals surface area contributed by atoms with E-state index in [4.69, 9.17) is 16.3 Å². The van der Waals surface area contributed by atoms with Crippen LogP contribution < -0.4 is 5.32 Å². The lowest BCUT2D eigenvalue weighted by Crippen LogP contribution is -2.52. The molecule has 2 unspecified atom stereocenters.